The molecule has 0 aliphatic carbocycles. The van der Waals surface area contributed by atoms with Crippen molar-refractivity contribution in [3.63, 3.8) is 0 Å². The molecule has 120 valence electrons. The van der Waals surface area contributed by atoms with Crippen LogP contribution in [0.4, 0.5) is 11.4 Å². The molecule has 0 saturated carbocycles. The first-order valence-corrected chi connectivity index (χ1v) is 9.30. The minimum Gasteiger partial charge on any atom is -0.371 e. The molecule has 3 rings (SSSR count). The lowest BCUT2D eigenvalue weighted by Crippen LogP contribution is -2.27. The fourth-order valence-electron chi connectivity index (χ4n) is 3.30. The van der Waals surface area contributed by atoms with Crippen LogP contribution in [0.2, 0.25) is 0 Å². The van der Waals surface area contributed by atoms with Crippen LogP contribution in [0.25, 0.3) is 0 Å². The van der Waals surface area contributed by atoms with Crippen molar-refractivity contribution in [1.29, 1.82) is 0 Å². The summed E-state index contributed by atoms with van der Waals surface area (Å²) in [6.45, 7) is 2.51. The number of benzene rings is 1. The molecule has 1 unspecified atom stereocenters. The Morgan fingerprint density at radius 2 is 1.86 bits per heavy atom. The van der Waals surface area contributed by atoms with E-state index in [1.807, 2.05) is 18.2 Å². The summed E-state index contributed by atoms with van der Waals surface area (Å²) in [6, 6.07) is 7.92. The lowest BCUT2D eigenvalue weighted by atomic mass is 10.1. The molecule has 2 N–H and O–H groups in total. The molecule has 1 atom stereocenters. The molecule has 2 aliphatic rings. The van der Waals surface area contributed by atoms with Gasteiger partial charge in [-0.05, 0) is 31.0 Å². The quantitative estimate of drug-likeness (QED) is 0.893. The van der Waals surface area contributed by atoms with Gasteiger partial charge in [0.2, 0.25) is 15.9 Å². The summed E-state index contributed by atoms with van der Waals surface area (Å²) in [7, 11) is -3.54. The van der Waals surface area contributed by atoms with Crippen LogP contribution in [-0.4, -0.2) is 39.7 Å². The highest BCUT2D eigenvalue weighted by molar-refractivity contribution is 7.89. The van der Waals surface area contributed by atoms with Crippen LogP contribution in [0.15, 0.2) is 24.3 Å². The molecule has 0 spiro atoms. The van der Waals surface area contributed by atoms with Crippen molar-refractivity contribution in [3.8, 4) is 0 Å². The maximum absolute atomic E-state index is 12.2. The molecule has 22 heavy (non-hydrogen) atoms. The fraction of sp³-hybridized carbons (Fsp3) is 0.533. The molecule has 0 radical (unpaired) electrons. The van der Waals surface area contributed by atoms with Gasteiger partial charge in [0.25, 0.3) is 0 Å². The number of amides is 1. The molecule has 6 nitrogen and oxygen atoms in total. The highest BCUT2D eigenvalue weighted by atomic mass is 32.2. The van der Waals surface area contributed by atoms with Crippen LogP contribution in [0.3, 0.4) is 0 Å². The van der Waals surface area contributed by atoms with E-state index in [0.29, 0.717) is 6.54 Å². The van der Waals surface area contributed by atoms with Crippen molar-refractivity contribution in [2.45, 2.75) is 19.3 Å². The molecular weight excluding hydrogens is 302 g/mol. The van der Waals surface area contributed by atoms with Crippen molar-refractivity contribution in [2.24, 2.45) is 11.1 Å². The van der Waals surface area contributed by atoms with Gasteiger partial charge in [-0.15, -0.1) is 0 Å². The molecule has 2 aliphatic heterocycles. The molecule has 1 aromatic carbocycles. The molecule has 7 heteroatoms. The SMILES string of the molecule is NS(=O)(=O)CC1CC(=O)N(c2cccc(N3CCCC3)c2)C1. The van der Waals surface area contributed by atoms with Gasteiger partial charge in [0.1, 0.15) is 0 Å². The van der Waals surface area contributed by atoms with Gasteiger partial charge in [-0.2, -0.15) is 0 Å². The van der Waals surface area contributed by atoms with Crippen LogP contribution in [0, 0.1) is 5.92 Å². The van der Waals surface area contributed by atoms with Crippen LogP contribution < -0.4 is 14.9 Å². The molecule has 2 saturated heterocycles. The summed E-state index contributed by atoms with van der Waals surface area (Å²) in [5.41, 5.74) is 1.96. The van der Waals surface area contributed by atoms with E-state index in [0.717, 1.165) is 24.5 Å². The lowest BCUT2D eigenvalue weighted by Gasteiger charge is -2.22. The first-order chi connectivity index (χ1) is 10.4. The summed E-state index contributed by atoms with van der Waals surface area (Å²) >= 11 is 0. The maximum Gasteiger partial charge on any atom is 0.227 e. The van der Waals surface area contributed by atoms with Crippen LogP contribution in [0.1, 0.15) is 19.3 Å². The van der Waals surface area contributed by atoms with E-state index in [1.54, 1.807) is 4.90 Å². The van der Waals surface area contributed by atoms with E-state index in [9.17, 15) is 13.2 Å². The Hall–Kier alpha value is -1.60. The number of primary sulfonamides is 1. The topological polar surface area (TPSA) is 83.7 Å². The number of carbonyl (C=O) groups is 1. The standard InChI is InChI=1S/C15H21N3O3S/c16-22(20,21)11-12-8-15(19)18(10-12)14-5-3-4-13(9-14)17-6-1-2-7-17/h3-5,9,12H,1-2,6-8,10-11H2,(H2,16,20,21). The average Bonchev–Trinajstić information content (AvgIpc) is 3.07. The minimum atomic E-state index is -3.54. The highest BCUT2D eigenvalue weighted by Crippen LogP contribution is 2.30. The third-order valence-electron chi connectivity index (χ3n) is 4.29. The minimum absolute atomic E-state index is 0.0350. The Bertz CT molecular complexity index is 668. The monoisotopic (exact) mass is 323 g/mol. The molecule has 1 aromatic rings. The predicted octanol–water partition coefficient (Wildman–Crippen LogP) is 0.928. The van der Waals surface area contributed by atoms with E-state index in [2.05, 4.69) is 11.0 Å². The van der Waals surface area contributed by atoms with Crippen molar-refractivity contribution in [1.82, 2.24) is 0 Å². The zero-order chi connectivity index (χ0) is 15.7. The van der Waals surface area contributed by atoms with Gasteiger partial charge in [0.05, 0.1) is 5.75 Å². The van der Waals surface area contributed by atoms with Crippen molar-refractivity contribution in [2.75, 3.05) is 35.2 Å². The molecule has 0 aromatic heterocycles. The third-order valence-corrected chi connectivity index (χ3v) is 5.22. The Morgan fingerprint density at radius 3 is 2.55 bits per heavy atom. The molecule has 2 heterocycles. The number of nitrogens with zero attached hydrogens (tertiary/aromatic N) is 2. The molecule has 2 fully saturated rings. The van der Waals surface area contributed by atoms with E-state index in [4.69, 9.17) is 5.14 Å². The lowest BCUT2D eigenvalue weighted by molar-refractivity contribution is -0.117. The number of hydrogen-bond donors (Lipinski definition) is 1. The van der Waals surface area contributed by atoms with Gasteiger partial charge in [-0.25, -0.2) is 13.6 Å². The van der Waals surface area contributed by atoms with Crippen LogP contribution in [0.5, 0.6) is 0 Å². The number of anilines is 2. The number of sulfonamides is 1. The first kappa shape index (κ1) is 15.3. The van der Waals surface area contributed by atoms with Gasteiger partial charge < -0.3 is 9.80 Å². The fourth-order valence-corrected chi connectivity index (χ4v) is 4.18. The second-order valence-electron chi connectivity index (χ2n) is 6.12. The van der Waals surface area contributed by atoms with Gasteiger partial charge in [0.15, 0.2) is 0 Å². The Morgan fingerprint density at radius 1 is 1.18 bits per heavy atom. The Kier molecular flexibility index (Phi) is 4.10. The van der Waals surface area contributed by atoms with Crippen LogP contribution in [-0.2, 0) is 14.8 Å². The molecule has 1 amide bonds. The van der Waals surface area contributed by atoms with Crippen molar-refractivity contribution in [3.05, 3.63) is 24.3 Å². The van der Waals surface area contributed by atoms with E-state index in [-0.39, 0.29) is 24.0 Å². The highest BCUT2D eigenvalue weighted by Gasteiger charge is 2.33. The second kappa shape index (κ2) is 5.89. The molecule has 0 bridgehead atoms. The van der Waals surface area contributed by atoms with Crippen LogP contribution >= 0.6 is 0 Å². The van der Waals surface area contributed by atoms with E-state index >= 15 is 0 Å². The average molecular weight is 323 g/mol. The zero-order valence-electron chi connectivity index (χ0n) is 12.4. The van der Waals surface area contributed by atoms with E-state index < -0.39 is 10.0 Å². The van der Waals surface area contributed by atoms with Gasteiger partial charge in [0, 0.05) is 43.3 Å². The summed E-state index contributed by atoms with van der Waals surface area (Å²) in [4.78, 5) is 16.2. The maximum atomic E-state index is 12.2. The Balaban J connectivity index is 1.76. The Labute approximate surface area is 130 Å². The number of rotatable bonds is 4. The zero-order valence-corrected chi connectivity index (χ0v) is 13.3. The number of hydrogen-bond acceptors (Lipinski definition) is 4. The van der Waals surface area contributed by atoms with Crippen molar-refractivity contribution < 1.29 is 13.2 Å². The molecular formula is C15H21N3O3S. The number of nitrogens with two attached hydrogens (primary N) is 1. The summed E-state index contributed by atoms with van der Waals surface area (Å²) in [5, 5.41) is 5.09. The summed E-state index contributed by atoms with van der Waals surface area (Å²) in [6.07, 6.45) is 2.64. The van der Waals surface area contributed by atoms with Gasteiger partial charge in [-0.3, -0.25) is 4.79 Å². The third kappa shape index (κ3) is 3.41. The second-order valence-corrected chi connectivity index (χ2v) is 7.78. The van der Waals surface area contributed by atoms with E-state index in [1.165, 1.54) is 12.8 Å². The normalized spacial score (nSPS) is 22.6. The van der Waals surface area contributed by atoms with Crippen molar-refractivity contribution >= 4 is 27.3 Å². The smallest absolute Gasteiger partial charge is 0.227 e. The summed E-state index contributed by atoms with van der Waals surface area (Å²) in [5.74, 6) is -0.397. The van der Waals surface area contributed by atoms with Gasteiger partial charge >= 0.3 is 0 Å². The predicted molar refractivity (Wildman–Crippen MR) is 86.3 cm³/mol. The van der Waals surface area contributed by atoms with Gasteiger partial charge in [-0.1, -0.05) is 6.07 Å². The summed E-state index contributed by atoms with van der Waals surface area (Å²) < 4.78 is 22.4. The number of carbonyl (C=O) groups excluding carboxylic acids is 1. The first-order valence-electron chi connectivity index (χ1n) is 7.58. The largest absolute Gasteiger partial charge is 0.371 e.